The van der Waals surface area contributed by atoms with Crippen LogP contribution in [-0.4, -0.2) is 12.5 Å². The van der Waals surface area contributed by atoms with E-state index >= 15 is 0 Å². The van der Waals surface area contributed by atoms with Gasteiger partial charge in [0.2, 0.25) is 0 Å². The minimum absolute atomic E-state index is 0.0845. The minimum atomic E-state index is -0.508. The molecule has 2 aromatic rings. The Morgan fingerprint density at radius 2 is 1.86 bits per heavy atom. The van der Waals surface area contributed by atoms with Crippen molar-refractivity contribution in [3.05, 3.63) is 69.9 Å². The fraction of sp³-hybridized carbons (Fsp3) is 0.235. The molecule has 21 heavy (non-hydrogen) atoms. The van der Waals surface area contributed by atoms with Gasteiger partial charge < -0.3 is 5.32 Å². The van der Waals surface area contributed by atoms with Crippen molar-refractivity contribution < 1.29 is 9.18 Å². The summed E-state index contributed by atoms with van der Waals surface area (Å²) in [5.41, 5.74) is 1.38. The fourth-order valence-corrected chi connectivity index (χ4v) is 2.40. The molecule has 0 unspecified atom stereocenters. The van der Waals surface area contributed by atoms with E-state index in [1.807, 2.05) is 18.2 Å². The van der Waals surface area contributed by atoms with Crippen LogP contribution < -0.4 is 5.32 Å². The fourth-order valence-electron chi connectivity index (χ4n) is 2.07. The van der Waals surface area contributed by atoms with Crippen LogP contribution in [0.25, 0.3) is 0 Å². The molecule has 0 aliphatic rings. The van der Waals surface area contributed by atoms with Crippen molar-refractivity contribution >= 4 is 21.8 Å². The number of amides is 1. The number of rotatable bonds is 6. The third-order valence-corrected chi connectivity index (χ3v) is 3.69. The molecule has 2 nitrogen and oxygen atoms in total. The average Bonchev–Trinajstić information content (AvgIpc) is 2.47. The predicted octanol–water partition coefficient (Wildman–Crippen LogP) is 4.34. The largest absolute Gasteiger partial charge is 0.352 e. The summed E-state index contributed by atoms with van der Waals surface area (Å²) in [6, 6.07) is 14.7. The zero-order valence-electron chi connectivity index (χ0n) is 11.6. The second-order valence-electron chi connectivity index (χ2n) is 4.82. The lowest BCUT2D eigenvalue weighted by molar-refractivity contribution is 0.0949. The SMILES string of the molecule is O=C(NCCCCc1ccccc1)c1ccc(Br)cc1F. The van der Waals surface area contributed by atoms with E-state index in [0.29, 0.717) is 11.0 Å². The van der Waals surface area contributed by atoms with E-state index in [1.165, 1.54) is 17.7 Å². The molecule has 0 radical (unpaired) electrons. The van der Waals surface area contributed by atoms with E-state index in [4.69, 9.17) is 0 Å². The number of halogens is 2. The molecule has 0 aliphatic heterocycles. The Bertz CT molecular complexity index is 601. The Hall–Kier alpha value is -1.68. The first-order valence-corrected chi connectivity index (χ1v) is 7.73. The smallest absolute Gasteiger partial charge is 0.254 e. The van der Waals surface area contributed by atoms with Gasteiger partial charge in [0.25, 0.3) is 5.91 Å². The zero-order valence-corrected chi connectivity index (χ0v) is 13.2. The highest BCUT2D eigenvalue weighted by molar-refractivity contribution is 9.10. The van der Waals surface area contributed by atoms with E-state index in [1.54, 1.807) is 6.07 Å². The second kappa shape index (κ2) is 7.93. The van der Waals surface area contributed by atoms with Crippen molar-refractivity contribution in [1.82, 2.24) is 5.32 Å². The minimum Gasteiger partial charge on any atom is -0.352 e. The van der Waals surface area contributed by atoms with Crippen molar-refractivity contribution in [1.29, 1.82) is 0 Å². The number of aryl methyl sites for hydroxylation is 1. The molecule has 4 heteroatoms. The quantitative estimate of drug-likeness (QED) is 0.772. The lowest BCUT2D eigenvalue weighted by Gasteiger charge is -2.06. The highest BCUT2D eigenvalue weighted by Gasteiger charge is 2.10. The molecule has 0 aliphatic carbocycles. The lowest BCUT2D eigenvalue weighted by Crippen LogP contribution is -2.25. The van der Waals surface area contributed by atoms with Crippen LogP contribution in [0.4, 0.5) is 4.39 Å². The summed E-state index contributed by atoms with van der Waals surface area (Å²) >= 11 is 3.17. The molecule has 1 amide bonds. The maximum Gasteiger partial charge on any atom is 0.254 e. The maximum atomic E-state index is 13.6. The first-order valence-electron chi connectivity index (χ1n) is 6.94. The van der Waals surface area contributed by atoms with E-state index in [9.17, 15) is 9.18 Å². The van der Waals surface area contributed by atoms with Crippen molar-refractivity contribution in [3.63, 3.8) is 0 Å². The van der Waals surface area contributed by atoms with Crippen molar-refractivity contribution in [2.24, 2.45) is 0 Å². The van der Waals surface area contributed by atoms with Gasteiger partial charge in [-0.1, -0.05) is 46.3 Å². The van der Waals surface area contributed by atoms with Crippen LogP contribution in [0.3, 0.4) is 0 Å². The molecule has 110 valence electrons. The van der Waals surface area contributed by atoms with Gasteiger partial charge in [0, 0.05) is 11.0 Å². The molecular weight excluding hydrogens is 333 g/mol. The lowest BCUT2D eigenvalue weighted by atomic mass is 10.1. The van der Waals surface area contributed by atoms with Gasteiger partial charge >= 0.3 is 0 Å². The molecule has 0 fully saturated rings. The first-order chi connectivity index (χ1) is 10.2. The van der Waals surface area contributed by atoms with Gasteiger partial charge in [-0.05, 0) is 43.0 Å². The summed E-state index contributed by atoms with van der Waals surface area (Å²) in [6.07, 6.45) is 2.86. The molecule has 2 rings (SSSR count). The Morgan fingerprint density at radius 3 is 2.57 bits per heavy atom. The van der Waals surface area contributed by atoms with Crippen molar-refractivity contribution in [2.45, 2.75) is 19.3 Å². The Kier molecular flexibility index (Phi) is 5.93. The van der Waals surface area contributed by atoms with Gasteiger partial charge in [-0.25, -0.2) is 4.39 Å². The highest BCUT2D eigenvalue weighted by atomic mass is 79.9. The molecule has 0 heterocycles. The Balaban J connectivity index is 1.72. The average molecular weight is 350 g/mol. The number of unbranched alkanes of at least 4 members (excludes halogenated alkanes) is 1. The molecule has 0 saturated heterocycles. The summed E-state index contributed by atoms with van der Waals surface area (Å²) in [5, 5.41) is 2.75. The normalized spacial score (nSPS) is 10.4. The van der Waals surface area contributed by atoms with Gasteiger partial charge in [-0.2, -0.15) is 0 Å². The molecule has 0 aromatic heterocycles. The van der Waals surface area contributed by atoms with Crippen LogP contribution in [0.1, 0.15) is 28.8 Å². The van der Waals surface area contributed by atoms with Crippen LogP contribution in [-0.2, 0) is 6.42 Å². The predicted molar refractivity (Wildman–Crippen MR) is 85.8 cm³/mol. The summed E-state index contributed by atoms with van der Waals surface area (Å²) in [4.78, 5) is 11.8. The van der Waals surface area contributed by atoms with Gasteiger partial charge in [0.1, 0.15) is 5.82 Å². The van der Waals surface area contributed by atoms with Crippen molar-refractivity contribution in [3.8, 4) is 0 Å². The van der Waals surface area contributed by atoms with E-state index < -0.39 is 5.82 Å². The van der Waals surface area contributed by atoms with E-state index in [-0.39, 0.29) is 11.5 Å². The number of hydrogen-bond donors (Lipinski definition) is 1. The standard InChI is InChI=1S/C17H17BrFNO/c18-14-9-10-15(16(19)12-14)17(21)20-11-5-4-8-13-6-2-1-3-7-13/h1-3,6-7,9-10,12H,4-5,8,11H2,(H,20,21). The monoisotopic (exact) mass is 349 g/mol. The first kappa shape index (κ1) is 15.7. The molecule has 0 bridgehead atoms. The van der Waals surface area contributed by atoms with Crippen molar-refractivity contribution in [2.75, 3.05) is 6.54 Å². The number of carbonyl (C=O) groups excluding carboxylic acids is 1. The molecule has 0 spiro atoms. The van der Waals surface area contributed by atoms with Crippen LogP contribution >= 0.6 is 15.9 Å². The molecular formula is C17H17BrFNO. The molecule has 0 atom stereocenters. The molecule has 1 N–H and O–H groups in total. The number of hydrogen-bond acceptors (Lipinski definition) is 1. The summed E-state index contributed by atoms with van der Waals surface area (Å²) in [7, 11) is 0. The Labute approximate surface area is 132 Å². The molecule has 0 saturated carbocycles. The Morgan fingerprint density at radius 1 is 1.10 bits per heavy atom. The van der Waals surface area contributed by atoms with Crippen LogP contribution in [0.5, 0.6) is 0 Å². The van der Waals surface area contributed by atoms with Crippen LogP contribution in [0.2, 0.25) is 0 Å². The number of carbonyl (C=O) groups is 1. The van der Waals surface area contributed by atoms with Gasteiger partial charge in [0.05, 0.1) is 5.56 Å². The van der Waals surface area contributed by atoms with Crippen LogP contribution in [0, 0.1) is 5.82 Å². The van der Waals surface area contributed by atoms with E-state index in [0.717, 1.165) is 19.3 Å². The number of nitrogens with one attached hydrogen (secondary N) is 1. The van der Waals surface area contributed by atoms with Crippen LogP contribution in [0.15, 0.2) is 53.0 Å². The summed E-state index contributed by atoms with van der Waals surface area (Å²) in [6.45, 7) is 0.557. The van der Waals surface area contributed by atoms with Gasteiger partial charge in [-0.15, -0.1) is 0 Å². The summed E-state index contributed by atoms with van der Waals surface area (Å²) in [5.74, 6) is -0.870. The topological polar surface area (TPSA) is 29.1 Å². The summed E-state index contributed by atoms with van der Waals surface area (Å²) < 4.78 is 14.2. The maximum absolute atomic E-state index is 13.6. The van der Waals surface area contributed by atoms with Gasteiger partial charge in [-0.3, -0.25) is 4.79 Å². The zero-order chi connectivity index (χ0) is 15.1. The molecule has 2 aromatic carbocycles. The van der Waals surface area contributed by atoms with E-state index in [2.05, 4.69) is 33.4 Å². The number of benzene rings is 2. The second-order valence-corrected chi connectivity index (χ2v) is 5.74. The third-order valence-electron chi connectivity index (χ3n) is 3.20. The highest BCUT2D eigenvalue weighted by Crippen LogP contribution is 2.15. The van der Waals surface area contributed by atoms with Gasteiger partial charge in [0.15, 0.2) is 0 Å². The third kappa shape index (κ3) is 4.97.